The van der Waals surface area contributed by atoms with Crippen molar-refractivity contribution < 1.29 is 4.42 Å². The van der Waals surface area contributed by atoms with Crippen molar-refractivity contribution in [1.82, 2.24) is 19.9 Å². The van der Waals surface area contributed by atoms with Crippen LogP contribution in [0.4, 0.5) is 0 Å². The monoisotopic (exact) mass is 314 g/mol. The van der Waals surface area contributed by atoms with Crippen molar-refractivity contribution in [2.45, 2.75) is 26.9 Å². The van der Waals surface area contributed by atoms with Crippen LogP contribution in [0.15, 0.2) is 34.5 Å². The van der Waals surface area contributed by atoms with Gasteiger partial charge in [-0.15, -0.1) is 11.3 Å². The molecular weight excluding hydrogens is 296 g/mol. The molecule has 0 bridgehead atoms. The summed E-state index contributed by atoms with van der Waals surface area (Å²) in [6.45, 7) is 5.52. The fraction of sp³-hybridized carbons (Fsp3) is 0.312. The Hall–Kier alpha value is -2.05. The molecule has 3 heterocycles. The van der Waals surface area contributed by atoms with Crippen LogP contribution in [-0.4, -0.2) is 26.9 Å². The summed E-state index contributed by atoms with van der Waals surface area (Å²) in [4.78, 5) is 16.1. The normalized spacial score (nSPS) is 11.3. The number of nitrogens with zero attached hydrogens (tertiary/aromatic N) is 4. The molecule has 114 valence electrons. The lowest BCUT2D eigenvalue weighted by atomic mass is 10.3. The lowest BCUT2D eigenvalue weighted by Crippen LogP contribution is -2.18. The minimum absolute atomic E-state index is 0.718. The molecule has 3 aromatic heterocycles. The molecule has 6 heteroatoms. The summed E-state index contributed by atoms with van der Waals surface area (Å²) in [5.74, 6) is 1.59. The quantitative estimate of drug-likeness (QED) is 0.722. The van der Waals surface area contributed by atoms with Crippen LogP contribution in [0.5, 0.6) is 0 Å². The van der Waals surface area contributed by atoms with Crippen molar-refractivity contribution in [2.75, 3.05) is 7.05 Å². The standard InChI is InChI=1S/C16H18N4OS/c1-11-5-7-22-15(11)16-19-14(12(2)21-16)9-20(3)8-13-4-6-17-10-18-13/h4-7,10H,8-9H2,1-3H3. The average Bonchev–Trinajstić information content (AvgIpc) is 3.06. The highest BCUT2D eigenvalue weighted by Gasteiger charge is 2.15. The van der Waals surface area contributed by atoms with E-state index in [1.165, 1.54) is 5.56 Å². The van der Waals surface area contributed by atoms with E-state index in [9.17, 15) is 0 Å². The number of rotatable bonds is 5. The van der Waals surface area contributed by atoms with Crippen molar-refractivity contribution in [2.24, 2.45) is 0 Å². The average molecular weight is 314 g/mol. The van der Waals surface area contributed by atoms with E-state index in [2.05, 4.69) is 38.2 Å². The third-order valence-electron chi connectivity index (χ3n) is 3.44. The summed E-state index contributed by atoms with van der Waals surface area (Å²) in [6.07, 6.45) is 3.33. The maximum atomic E-state index is 5.84. The molecule has 0 aliphatic heterocycles. The van der Waals surface area contributed by atoms with E-state index in [0.29, 0.717) is 0 Å². The Bertz CT molecular complexity index is 751. The summed E-state index contributed by atoms with van der Waals surface area (Å²) in [7, 11) is 2.05. The molecule has 0 aliphatic rings. The molecule has 22 heavy (non-hydrogen) atoms. The van der Waals surface area contributed by atoms with Gasteiger partial charge in [-0.1, -0.05) is 0 Å². The molecule has 0 spiro atoms. The summed E-state index contributed by atoms with van der Waals surface area (Å²) in [5, 5.41) is 2.06. The van der Waals surface area contributed by atoms with Crippen molar-refractivity contribution in [3.63, 3.8) is 0 Å². The first-order valence-corrected chi connectivity index (χ1v) is 7.95. The second kappa shape index (κ2) is 6.37. The molecule has 0 atom stereocenters. The summed E-state index contributed by atoms with van der Waals surface area (Å²) in [5.41, 5.74) is 3.17. The van der Waals surface area contributed by atoms with Gasteiger partial charge in [-0.2, -0.15) is 0 Å². The zero-order chi connectivity index (χ0) is 15.5. The molecule has 0 fully saturated rings. The molecule has 0 saturated heterocycles. The predicted octanol–water partition coefficient (Wildman–Crippen LogP) is 3.44. The zero-order valence-corrected chi connectivity index (χ0v) is 13.7. The molecule has 0 unspecified atom stereocenters. The van der Waals surface area contributed by atoms with Crippen LogP contribution in [0.1, 0.15) is 22.7 Å². The number of hydrogen-bond acceptors (Lipinski definition) is 6. The molecular formula is C16H18N4OS. The van der Waals surface area contributed by atoms with Crippen LogP contribution in [0.3, 0.4) is 0 Å². The van der Waals surface area contributed by atoms with Gasteiger partial charge in [0, 0.05) is 19.3 Å². The summed E-state index contributed by atoms with van der Waals surface area (Å²) >= 11 is 1.66. The highest BCUT2D eigenvalue weighted by molar-refractivity contribution is 7.13. The smallest absolute Gasteiger partial charge is 0.237 e. The minimum Gasteiger partial charge on any atom is -0.440 e. The number of oxazole rings is 1. The van der Waals surface area contributed by atoms with Gasteiger partial charge in [0.15, 0.2) is 0 Å². The molecule has 0 amide bonds. The Morgan fingerprint density at radius 3 is 2.77 bits per heavy atom. The topological polar surface area (TPSA) is 55.1 Å². The van der Waals surface area contributed by atoms with Gasteiger partial charge in [0.1, 0.15) is 12.1 Å². The highest BCUT2D eigenvalue weighted by Crippen LogP contribution is 2.30. The van der Waals surface area contributed by atoms with Crippen LogP contribution >= 0.6 is 11.3 Å². The zero-order valence-electron chi connectivity index (χ0n) is 12.9. The Morgan fingerprint density at radius 1 is 1.23 bits per heavy atom. The van der Waals surface area contributed by atoms with Crippen LogP contribution in [0.25, 0.3) is 10.8 Å². The first kappa shape index (κ1) is 14.9. The van der Waals surface area contributed by atoms with E-state index in [4.69, 9.17) is 4.42 Å². The van der Waals surface area contributed by atoms with Gasteiger partial charge in [0.2, 0.25) is 5.89 Å². The number of hydrogen-bond donors (Lipinski definition) is 0. The molecule has 5 nitrogen and oxygen atoms in total. The Morgan fingerprint density at radius 2 is 2.09 bits per heavy atom. The van der Waals surface area contributed by atoms with Crippen molar-refractivity contribution in [1.29, 1.82) is 0 Å². The summed E-state index contributed by atoms with van der Waals surface area (Å²) < 4.78 is 5.84. The van der Waals surface area contributed by atoms with Gasteiger partial charge in [-0.3, -0.25) is 4.90 Å². The first-order valence-electron chi connectivity index (χ1n) is 7.07. The van der Waals surface area contributed by atoms with Gasteiger partial charge >= 0.3 is 0 Å². The maximum Gasteiger partial charge on any atom is 0.237 e. The van der Waals surface area contributed by atoms with E-state index in [-0.39, 0.29) is 0 Å². The Balaban J connectivity index is 1.73. The number of aromatic nitrogens is 3. The predicted molar refractivity (Wildman–Crippen MR) is 86.5 cm³/mol. The van der Waals surface area contributed by atoms with Gasteiger partial charge in [0.05, 0.1) is 16.3 Å². The molecule has 3 aromatic rings. The molecule has 0 aliphatic carbocycles. The van der Waals surface area contributed by atoms with Crippen LogP contribution < -0.4 is 0 Å². The van der Waals surface area contributed by atoms with Crippen LogP contribution in [-0.2, 0) is 13.1 Å². The van der Waals surface area contributed by atoms with Crippen molar-refractivity contribution in [3.05, 3.63) is 52.7 Å². The first-order chi connectivity index (χ1) is 10.6. The van der Waals surface area contributed by atoms with Crippen LogP contribution in [0.2, 0.25) is 0 Å². The molecule has 0 radical (unpaired) electrons. The lowest BCUT2D eigenvalue weighted by Gasteiger charge is -2.14. The molecule has 0 aromatic carbocycles. The molecule has 0 saturated carbocycles. The maximum absolute atomic E-state index is 5.84. The Kier molecular flexibility index (Phi) is 4.31. The number of aryl methyl sites for hydroxylation is 2. The van der Waals surface area contributed by atoms with Crippen molar-refractivity contribution in [3.8, 4) is 10.8 Å². The molecule has 3 rings (SSSR count). The number of thiophene rings is 1. The highest BCUT2D eigenvalue weighted by atomic mass is 32.1. The second-order valence-corrected chi connectivity index (χ2v) is 6.24. The van der Waals surface area contributed by atoms with E-state index < -0.39 is 0 Å². The summed E-state index contributed by atoms with van der Waals surface area (Å²) in [6, 6.07) is 4.01. The SMILES string of the molecule is Cc1ccsc1-c1nc(CN(C)Cc2ccncn2)c(C)o1. The fourth-order valence-electron chi connectivity index (χ4n) is 2.26. The van der Waals surface area contributed by atoms with Crippen LogP contribution in [0, 0.1) is 13.8 Å². The van der Waals surface area contributed by atoms with Gasteiger partial charge in [-0.05, 0) is 44.0 Å². The third-order valence-corrected chi connectivity index (χ3v) is 4.45. The third kappa shape index (κ3) is 3.23. The fourth-order valence-corrected chi connectivity index (χ4v) is 3.11. The largest absolute Gasteiger partial charge is 0.440 e. The lowest BCUT2D eigenvalue weighted by molar-refractivity contribution is 0.309. The van der Waals surface area contributed by atoms with Gasteiger partial charge < -0.3 is 4.42 Å². The second-order valence-electron chi connectivity index (χ2n) is 5.33. The van der Waals surface area contributed by atoms with E-state index >= 15 is 0 Å². The van der Waals surface area contributed by atoms with Gasteiger partial charge in [-0.25, -0.2) is 15.0 Å². The van der Waals surface area contributed by atoms with Crippen molar-refractivity contribution >= 4 is 11.3 Å². The van der Waals surface area contributed by atoms with E-state index in [0.717, 1.165) is 41.0 Å². The molecule has 0 N–H and O–H groups in total. The van der Waals surface area contributed by atoms with E-state index in [1.807, 2.05) is 20.0 Å². The van der Waals surface area contributed by atoms with Gasteiger partial charge in [0.25, 0.3) is 0 Å². The van der Waals surface area contributed by atoms with E-state index in [1.54, 1.807) is 23.9 Å². The Labute approximate surface area is 133 Å². The minimum atomic E-state index is 0.718.